The number of pyridine rings is 1. The number of aromatic nitrogens is 1. The van der Waals surface area contributed by atoms with Gasteiger partial charge >= 0.3 is 0 Å². The summed E-state index contributed by atoms with van der Waals surface area (Å²) in [6.45, 7) is 1.88. The quantitative estimate of drug-likeness (QED) is 0.847. The maximum Gasteiger partial charge on any atom is 0.153 e. The second kappa shape index (κ2) is 5.22. The average Bonchev–Trinajstić information content (AvgIpc) is 2.29. The van der Waals surface area contributed by atoms with Gasteiger partial charge in [0.1, 0.15) is 0 Å². The summed E-state index contributed by atoms with van der Waals surface area (Å²) in [5, 5.41) is 4.67. The molecule has 0 aliphatic heterocycles. The van der Waals surface area contributed by atoms with Crippen LogP contribution in [0.1, 0.15) is 5.56 Å². The Morgan fingerprint density at radius 3 is 2.50 bits per heavy atom. The van der Waals surface area contributed by atoms with Crippen LogP contribution in [-0.4, -0.2) is 4.98 Å². The van der Waals surface area contributed by atoms with E-state index in [1.54, 1.807) is 18.2 Å². The molecular formula is C12H10Cl3N3. The zero-order valence-electron chi connectivity index (χ0n) is 9.47. The summed E-state index contributed by atoms with van der Waals surface area (Å²) in [7, 11) is 0. The van der Waals surface area contributed by atoms with E-state index in [1.165, 1.54) is 6.20 Å². The Kier molecular flexibility index (Phi) is 3.85. The van der Waals surface area contributed by atoms with Crippen LogP contribution in [0.3, 0.4) is 0 Å². The maximum atomic E-state index is 6.12. The van der Waals surface area contributed by atoms with Crippen LogP contribution in [0.5, 0.6) is 0 Å². The molecule has 1 aromatic carbocycles. The molecule has 0 amide bonds. The first-order chi connectivity index (χ1) is 8.47. The summed E-state index contributed by atoms with van der Waals surface area (Å²) in [5.74, 6) is 0.487. The number of nitrogens with one attached hydrogen (secondary N) is 1. The van der Waals surface area contributed by atoms with Crippen molar-refractivity contribution in [3.8, 4) is 0 Å². The largest absolute Gasteiger partial charge is 0.396 e. The summed E-state index contributed by atoms with van der Waals surface area (Å²) in [4.78, 5) is 4.10. The van der Waals surface area contributed by atoms with Crippen molar-refractivity contribution in [2.24, 2.45) is 0 Å². The highest BCUT2D eigenvalue weighted by molar-refractivity contribution is 6.36. The van der Waals surface area contributed by atoms with Crippen LogP contribution in [0.25, 0.3) is 0 Å². The average molecular weight is 303 g/mol. The summed E-state index contributed by atoms with van der Waals surface area (Å²) >= 11 is 17.9. The molecule has 0 unspecified atom stereocenters. The molecule has 0 radical (unpaired) electrons. The van der Waals surface area contributed by atoms with Gasteiger partial charge in [-0.1, -0.05) is 34.8 Å². The fourth-order valence-corrected chi connectivity index (χ4v) is 2.02. The SMILES string of the molecule is Cc1cc(Cl)c(Nc2ncc(Cl)cc2N)cc1Cl. The molecule has 2 rings (SSSR count). The number of nitrogens with zero attached hydrogens (tertiary/aromatic N) is 1. The summed E-state index contributed by atoms with van der Waals surface area (Å²) < 4.78 is 0. The number of hydrogen-bond acceptors (Lipinski definition) is 3. The highest BCUT2D eigenvalue weighted by Gasteiger charge is 2.08. The topological polar surface area (TPSA) is 50.9 Å². The number of benzene rings is 1. The number of nitrogens with two attached hydrogens (primary N) is 1. The first kappa shape index (κ1) is 13.3. The fourth-order valence-electron chi connectivity index (χ4n) is 1.43. The summed E-state index contributed by atoms with van der Waals surface area (Å²) in [6.07, 6.45) is 1.50. The minimum Gasteiger partial charge on any atom is -0.396 e. The standard InChI is InChI=1S/C12H10Cl3N3/c1-6-2-9(15)11(4-8(6)14)18-12-10(16)3-7(13)5-17-12/h2-5H,16H2,1H3,(H,17,18). The van der Waals surface area contributed by atoms with E-state index in [0.717, 1.165) is 5.56 Å². The second-order valence-electron chi connectivity index (χ2n) is 3.80. The predicted molar refractivity (Wildman–Crippen MR) is 78.1 cm³/mol. The van der Waals surface area contributed by atoms with Gasteiger partial charge in [-0.05, 0) is 30.7 Å². The van der Waals surface area contributed by atoms with E-state index >= 15 is 0 Å². The van der Waals surface area contributed by atoms with Crippen LogP contribution < -0.4 is 11.1 Å². The Morgan fingerprint density at radius 1 is 1.11 bits per heavy atom. The zero-order valence-corrected chi connectivity index (χ0v) is 11.7. The third-order valence-electron chi connectivity index (χ3n) is 2.39. The number of halogens is 3. The van der Waals surface area contributed by atoms with Gasteiger partial charge in [-0.15, -0.1) is 0 Å². The van der Waals surface area contributed by atoms with Gasteiger partial charge < -0.3 is 11.1 Å². The van der Waals surface area contributed by atoms with E-state index in [9.17, 15) is 0 Å². The molecule has 0 aliphatic carbocycles. The fraction of sp³-hybridized carbons (Fsp3) is 0.0833. The lowest BCUT2D eigenvalue weighted by atomic mass is 10.2. The minimum absolute atomic E-state index is 0.440. The van der Waals surface area contributed by atoms with Crippen molar-refractivity contribution in [3.63, 3.8) is 0 Å². The van der Waals surface area contributed by atoms with Gasteiger partial charge in [0, 0.05) is 11.2 Å². The molecule has 6 heteroatoms. The Morgan fingerprint density at radius 2 is 1.83 bits per heavy atom. The molecule has 0 fully saturated rings. The van der Waals surface area contributed by atoms with Crippen molar-refractivity contribution in [2.75, 3.05) is 11.1 Å². The maximum absolute atomic E-state index is 6.12. The van der Waals surface area contributed by atoms with Crippen molar-refractivity contribution in [1.82, 2.24) is 4.98 Å². The molecule has 0 saturated carbocycles. The molecule has 1 heterocycles. The molecule has 18 heavy (non-hydrogen) atoms. The van der Waals surface area contributed by atoms with E-state index in [1.807, 2.05) is 6.92 Å². The number of aryl methyl sites for hydroxylation is 1. The smallest absolute Gasteiger partial charge is 0.153 e. The first-order valence-corrected chi connectivity index (χ1v) is 6.24. The van der Waals surface area contributed by atoms with Crippen LogP contribution in [0.2, 0.25) is 15.1 Å². The molecule has 3 nitrogen and oxygen atoms in total. The lowest BCUT2D eigenvalue weighted by molar-refractivity contribution is 1.31. The van der Waals surface area contributed by atoms with Gasteiger partial charge in [-0.2, -0.15) is 0 Å². The van der Waals surface area contributed by atoms with E-state index in [4.69, 9.17) is 40.5 Å². The van der Waals surface area contributed by atoms with Gasteiger partial charge in [0.05, 0.1) is 21.4 Å². The first-order valence-electron chi connectivity index (χ1n) is 5.11. The van der Waals surface area contributed by atoms with Crippen molar-refractivity contribution >= 4 is 52.0 Å². The lowest BCUT2D eigenvalue weighted by Crippen LogP contribution is -1.99. The van der Waals surface area contributed by atoms with Crippen LogP contribution in [0, 0.1) is 6.92 Å². The van der Waals surface area contributed by atoms with Gasteiger partial charge in [-0.25, -0.2) is 4.98 Å². The summed E-state index contributed by atoms with van der Waals surface area (Å²) in [6, 6.07) is 5.12. The van der Waals surface area contributed by atoms with Crippen molar-refractivity contribution in [1.29, 1.82) is 0 Å². The number of anilines is 3. The number of hydrogen-bond donors (Lipinski definition) is 2. The Bertz CT molecular complexity index is 599. The lowest BCUT2D eigenvalue weighted by Gasteiger charge is -2.11. The van der Waals surface area contributed by atoms with Crippen molar-refractivity contribution < 1.29 is 0 Å². The Hall–Kier alpha value is -1.16. The molecule has 2 aromatic rings. The molecular weight excluding hydrogens is 293 g/mol. The molecule has 0 bridgehead atoms. The normalized spacial score (nSPS) is 10.4. The van der Waals surface area contributed by atoms with Crippen molar-refractivity contribution in [3.05, 3.63) is 45.0 Å². The monoisotopic (exact) mass is 301 g/mol. The van der Waals surface area contributed by atoms with Crippen LogP contribution in [0.4, 0.5) is 17.2 Å². The molecule has 0 saturated heterocycles. The number of rotatable bonds is 2. The third kappa shape index (κ3) is 2.80. The third-order valence-corrected chi connectivity index (χ3v) is 3.31. The van der Waals surface area contributed by atoms with E-state index in [0.29, 0.717) is 32.3 Å². The second-order valence-corrected chi connectivity index (χ2v) is 5.05. The van der Waals surface area contributed by atoms with Crippen LogP contribution in [-0.2, 0) is 0 Å². The Labute approximate surface area is 120 Å². The number of nitrogen functional groups attached to an aromatic ring is 1. The highest BCUT2D eigenvalue weighted by atomic mass is 35.5. The Balaban J connectivity index is 2.37. The zero-order chi connectivity index (χ0) is 13.3. The highest BCUT2D eigenvalue weighted by Crippen LogP contribution is 2.32. The van der Waals surface area contributed by atoms with E-state index in [-0.39, 0.29) is 0 Å². The van der Waals surface area contributed by atoms with E-state index < -0.39 is 0 Å². The molecule has 0 aliphatic rings. The molecule has 3 N–H and O–H groups in total. The van der Waals surface area contributed by atoms with Crippen LogP contribution in [0.15, 0.2) is 24.4 Å². The molecule has 0 atom stereocenters. The van der Waals surface area contributed by atoms with Gasteiger partial charge in [0.25, 0.3) is 0 Å². The van der Waals surface area contributed by atoms with Gasteiger partial charge in [0.2, 0.25) is 0 Å². The summed E-state index contributed by atoms with van der Waals surface area (Å²) in [5.41, 5.74) is 7.80. The molecule has 1 aromatic heterocycles. The predicted octanol–water partition coefficient (Wildman–Crippen LogP) is 4.68. The minimum atomic E-state index is 0.440. The van der Waals surface area contributed by atoms with Crippen molar-refractivity contribution in [2.45, 2.75) is 6.92 Å². The molecule has 0 spiro atoms. The molecule has 94 valence electrons. The van der Waals surface area contributed by atoms with Gasteiger partial charge in [0.15, 0.2) is 5.82 Å². The van der Waals surface area contributed by atoms with E-state index in [2.05, 4.69) is 10.3 Å². The van der Waals surface area contributed by atoms with Gasteiger partial charge in [-0.3, -0.25) is 0 Å². The van der Waals surface area contributed by atoms with Crippen LogP contribution >= 0.6 is 34.8 Å².